The molecule has 0 radical (unpaired) electrons. The highest BCUT2D eigenvalue weighted by Gasteiger charge is 2.27. The third-order valence-corrected chi connectivity index (χ3v) is 7.05. The predicted octanol–water partition coefficient (Wildman–Crippen LogP) is 3.36. The molecule has 1 amide bonds. The van der Waals surface area contributed by atoms with E-state index in [9.17, 15) is 14.1 Å². The molecule has 12 heteroatoms. The average molecular weight is 548 g/mol. The second kappa shape index (κ2) is 11.5. The maximum Gasteiger partial charge on any atom is 0.269 e. The summed E-state index contributed by atoms with van der Waals surface area (Å²) in [6, 6.07) is 13.9. The number of piperazine rings is 1. The van der Waals surface area contributed by atoms with Crippen LogP contribution in [0.5, 0.6) is 5.75 Å². The quantitative estimate of drug-likeness (QED) is 0.316. The second-order valence-corrected chi connectivity index (χ2v) is 9.83. The van der Waals surface area contributed by atoms with Crippen molar-refractivity contribution >= 4 is 40.3 Å². The smallest absolute Gasteiger partial charge is 0.269 e. The Morgan fingerprint density at radius 2 is 1.87 bits per heavy atom. The number of phenols is 1. The molecule has 0 bridgehead atoms. The summed E-state index contributed by atoms with van der Waals surface area (Å²) in [5.74, 6) is 2.21. The molecule has 2 aliphatic rings. The van der Waals surface area contributed by atoms with Crippen LogP contribution in [0.2, 0.25) is 0 Å². The van der Waals surface area contributed by atoms with Gasteiger partial charge in [-0.1, -0.05) is 24.3 Å². The van der Waals surface area contributed by atoms with Gasteiger partial charge in [0.1, 0.15) is 23.4 Å². The maximum atomic E-state index is 13.3. The lowest BCUT2D eigenvalue weighted by Gasteiger charge is -2.35. The topological polar surface area (TPSA) is 136 Å². The fraction of sp³-hybridized carbons (Fsp3) is 0.259. The van der Waals surface area contributed by atoms with Gasteiger partial charge in [-0.25, -0.2) is 9.19 Å². The van der Waals surface area contributed by atoms with Gasteiger partial charge in [0.15, 0.2) is 17.4 Å². The molecule has 2 unspecified atom stereocenters. The first kappa shape index (κ1) is 26.2. The van der Waals surface area contributed by atoms with Crippen LogP contribution in [0.3, 0.4) is 0 Å². The molecule has 0 saturated carbocycles. The number of hydrogen-bond acceptors (Lipinski definition) is 8. The normalized spacial score (nSPS) is 18.2. The van der Waals surface area contributed by atoms with Crippen LogP contribution < -0.4 is 15.5 Å². The number of nitrogens with zero attached hydrogens (tertiary/aromatic N) is 5. The van der Waals surface area contributed by atoms with Gasteiger partial charge in [0.25, 0.3) is 17.1 Å². The number of pyridine rings is 1. The van der Waals surface area contributed by atoms with Crippen molar-refractivity contribution in [3.05, 3.63) is 84.0 Å². The summed E-state index contributed by atoms with van der Waals surface area (Å²) < 4.78 is 26.1. The van der Waals surface area contributed by atoms with Crippen molar-refractivity contribution in [3.63, 3.8) is 0 Å². The number of benzene rings is 1. The van der Waals surface area contributed by atoms with Crippen LogP contribution >= 0.6 is 0 Å². The van der Waals surface area contributed by atoms with E-state index in [-0.39, 0.29) is 40.6 Å². The Balaban J connectivity index is 1.29. The number of carbonyl (C=O) groups is 1. The van der Waals surface area contributed by atoms with Crippen LogP contribution in [0, 0.1) is 6.92 Å². The number of furan rings is 1. The van der Waals surface area contributed by atoms with Crippen LogP contribution in [0.4, 0.5) is 11.5 Å². The Labute approximate surface area is 228 Å². The molecule has 2 aliphatic heterocycles. The highest BCUT2D eigenvalue weighted by molar-refractivity contribution is 7.83. The molecule has 3 aromatic rings. The summed E-state index contributed by atoms with van der Waals surface area (Å²) in [7, 11) is 0. The number of rotatable bonds is 6. The third-order valence-electron chi connectivity index (χ3n) is 6.37. The molecular weight excluding hydrogens is 518 g/mol. The number of para-hydroxylation sites is 1. The highest BCUT2D eigenvalue weighted by Crippen LogP contribution is 2.30. The molecule has 4 heterocycles. The van der Waals surface area contributed by atoms with Crippen molar-refractivity contribution in [1.29, 1.82) is 0 Å². The first-order valence-electron chi connectivity index (χ1n) is 12.5. The van der Waals surface area contributed by atoms with Crippen molar-refractivity contribution in [2.24, 2.45) is 8.80 Å². The lowest BCUT2D eigenvalue weighted by molar-refractivity contribution is 0.0743. The van der Waals surface area contributed by atoms with Crippen molar-refractivity contribution in [2.75, 3.05) is 36.4 Å². The number of phenolic OH excluding ortho intramolecular Hbond substituents is 1. The van der Waals surface area contributed by atoms with E-state index >= 15 is 0 Å². The molecule has 202 valence electrons. The van der Waals surface area contributed by atoms with Gasteiger partial charge in [-0.05, 0) is 50.2 Å². The number of hydrogen-bond donors (Lipinski definition) is 3. The van der Waals surface area contributed by atoms with Gasteiger partial charge in [-0.15, -0.1) is 8.80 Å². The van der Waals surface area contributed by atoms with Crippen LogP contribution in [0.25, 0.3) is 0 Å². The third kappa shape index (κ3) is 5.85. The Kier molecular flexibility index (Phi) is 7.73. The van der Waals surface area contributed by atoms with Gasteiger partial charge in [0, 0.05) is 32.4 Å². The Bertz CT molecular complexity index is 1460. The first-order valence-corrected chi connectivity index (χ1v) is 13.6. The summed E-state index contributed by atoms with van der Waals surface area (Å²) in [6.07, 6.45) is 5.49. The molecule has 11 nitrogen and oxygen atoms in total. The molecule has 2 atom stereocenters. The largest absolute Gasteiger partial charge is 0.505 e. The number of amides is 1. The minimum Gasteiger partial charge on any atom is -0.505 e. The monoisotopic (exact) mass is 547 g/mol. The molecular formula is C27H29N7O4S. The van der Waals surface area contributed by atoms with Crippen LogP contribution in [-0.2, 0) is 11.2 Å². The predicted molar refractivity (Wildman–Crippen MR) is 151 cm³/mol. The molecule has 5 rings (SSSR count). The van der Waals surface area contributed by atoms with Crippen molar-refractivity contribution in [1.82, 2.24) is 15.2 Å². The van der Waals surface area contributed by atoms with E-state index in [2.05, 4.69) is 29.3 Å². The van der Waals surface area contributed by atoms with E-state index in [4.69, 9.17) is 4.42 Å². The van der Waals surface area contributed by atoms with Gasteiger partial charge < -0.3 is 30.0 Å². The minimum atomic E-state index is -1.84. The van der Waals surface area contributed by atoms with Gasteiger partial charge in [-0.2, -0.15) is 0 Å². The summed E-state index contributed by atoms with van der Waals surface area (Å²) in [4.78, 5) is 21.5. The highest BCUT2D eigenvalue weighted by atomic mass is 32.2. The average Bonchev–Trinajstić information content (AvgIpc) is 3.54. The molecule has 2 aromatic heterocycles. The lowest BCUT2D eigenvalue weighted by Crippen LogP contribution is -2.49. The zero-order valence-electron chi connectivity index (χ0n) is 21.6. The van der Waals surface area contributed by atoms with E-state index in [0.29, 0.717) is 31.9 Å². The van der Waals surface area contributed by atoms with Crippen LogP contribution in [-0.4, -0.2) is 63.0 Å². The summed E-state index contributed by atoms with van der Waals surface area (Å²) in [5, 5.41) is 17.2. The number of aromatic hydroxyl groups is 1. The molecule has 39 heavy (non-hydrogen) atoms. The standard InChI is InChI=1S/C27H29N7O4S/c1-3-7-20(22-12-11-18(2)38-22)29-25-26(32-39(37)31-25)30-21-9-6-8-19(24(21)35)27(36)34-16-14-33(15-17-34)23-10-4-5-13-28-23/h3-13,20,35H,14-17H2,1-2H3,(H,29,31)(H,30,32). The van der Waals surface area contributed by atoms with E-state index in [1.54, 1.807) is 29.3 Å². The fourth-order valence-electron chi connectivity index (χ4n) is 4.41. The zero-order valence-corrected chi connectivity index (χ0v) is 22.4. The first-order chi connectivity index (χ1) is 18.9. The Morgan fingerprint density at radius 1 is 1.08 bits per heavy atom. The van der Waals surface area contributed by atoms with Crippen LogP contribution in [0.1, 0.15) is 34.8 Å². The number of anilines is 2. The lowest BCUT2D eigenvalue weighted by atomic mass is 10.1. The number of carbonyl (C=O) groups excluding carboxylic acids is 1. The van der Waals surface area contributed by atoms with Crippen molar-refractivity contribution in [2.45, 2.75) is 19.9 Å². The SMILES string of the molecule is CC=CC(NC1=NS(=O)N=C1Nc1cccc(C(=O)N2CCN(c3ccccn3)CC2)c1O)c1ccc(C)o1. The second-order valence-electron chi connectivity index (χ2n) is 9.00. The molecule has 0 spiro atoms. The molecule has 1 fully saturated rings. The number of amidine groups is 2. The summed E-state index contributed by atoms with van der Waals surface area (Å²) in [6.45, 7) is 6.00. The summed E-state index contributed by atoms with van der Waals surface area (Å²) in [5.41, 5.74) is 0.409. The van der Waals surface area contributed by atoms with Gasteiger partial charge in [0.05, 0.1) is 11.3 Å². The van der Waals surface area contributed by atoms with E-state index < -0.39 is 11.2 Å². The molecule has 1 aromatic carbocycles. The van der Waals surface area contributed by atoms with E-state index in [0.717, 1.165) is 11.6 Å². The maximum absolute atomic E-state index is 13.3. The van der Waals surface area contributed by atoms with Crippen molar-refractivity contribution in [3.8, 4) is 5.75 Å². The van der Waals surface area contributed by atoms with Crippen LogP contribution in [0.15, 0.2) is 80.1 Å². The molecule has 0 aliphatic carbocycles. The zero-order chi connectivity index (χ0) is 27.4. The molecule has 3 N–H and O–H groups in total. The minimum absolute atomic E-state index is 0.162. The van der Waals surface area contributed by atoms with Gasteiger partial charge in [-0.3, -0.25) is 4.79 Å². The number of allylic oxidation sites excluding steroid dienone is 1. The number of aromatic nitrogens is 1. The van der Waals surface area contributed by atoms with E-state index in [1.165, 1.54) is 0 Å². The fourth-order valence-corrected chi connectivity index (χ4v) is 5.03. The van der Waals surface area contributed by atoms with E-state index in [1.807, 2.05) is 56.3 Å². The Morgan fingerprint density at radius 3 is 2.56 bits per heavy atom. The Hall–Kier alpha value is -4.45. The van der Waals surface area contributed by atoms with Gasteiger partial charge in [0.2, 0.25) is 0 Å². The number of nitrogens with one attached hydrogen (secondary N) is 2. The summed E-state index contributed by atoms with van der Waals surface area (Å²) >= 11 is -1.84. The van der Waals surface area contributed by atoms with Gasteiger partial charge >= 0.3 is 0 Å². The number of aryl methyl sites for hydroxylation is 1. The molecule has 1 saturated heterocycles. The van der Waals surface area contributed by atoms with Crippen molar-refractivity contribution < 1.29 is 18.5 Å².